The van der Waals surface area contributed by atoms with Crippen molar-refractivity contribution >= 4 is 18.1 Å². The van der Waals surface area contributed by atoms with Crippen LogP contribution >= 0.6 is 0 Å². The van der Waals surface area contributed by atoms with Crippen LogP contribution in [-0.4, -0.2) is 37.4 Å². The summed E-state index contributed by atoms with van der Waals surface area (Å²) in [6.45, 7) is 0. The van der Waals surface area contributed by atoms with Crippen molar-refractivity contribution in [1.82, 2.24) is 5.43 Å². The molecule has 0 aliphatic carbocycles. The standard InChI is InChI=1S/C17H15FN2O5/c1-24-13-8-5-11(14(17(22)23)15(13)25-2)9-19-20-16(21)10-3-6-12(18)7-4-10/h3-9H,1-2H3,(H,20,21)(H,22,23). The molecular weight excluding hydrogens is 331 g/mol. The third kappa shape index (κ3) is 4.11. The highest BCUT2D eigenvalue weighted by Gasteiger charge is 2.20. The van der Waals surface area contributed by atoms with Crippen LogP contribution in [0.5, 0.6) is 11.5 Å². The third-order valence-electron chi connectivity index (χ3n) is 3.27. The largest absolute Gasteiger partial charge is 0.493 e. The highest BCUT2D eigenvalue weighted by Crippen LogP contribution is 2.32. The second-order valence-corrected chi connectivity index (χ2v) is 4.78. The van der Waals surface area contributed by atoms with Crippen molar-refractivity contribution in [1.29, 1.82) is 0 Å². The Morgan fingerprint density at radius 2 is 1.80 bits per heavy atom. The molecule has 0 saturated heterocycles. The Balaban J connectivity index is 2.24. The minimum absolute atomic E-state index is 0.0452. The first-order chi connectivity index (χ1) is 12.0. The van der Waals surface area contributed by atoms with Gasteiger partial charge in [0.2, 0.25) is 0 Å². The highest BCUT2D eigenvalue weighted by atomic mass is 19.1. The summed E-state index contributed by atoms with van der Waals surface area (Å²) in [7, 11) is 2.71. The molecule has 0 bridgehead atoms. The van der Waals surface area contributed by atoms with E-state index in [0.717, 1.165) is 12.1 Å². The summed E-state index contributed by atoms with van der Waals surface area (Å²) in [6, 6.07) is 7.90. The van der Waals surface area contributed by atoms with Crippen LogP contribution in [0.4, 0.5) is 4.39 Å². The van der Waals surface area contributed by atoms with Crippen LogP contribution < -0.4 is 14.9 Å². The quantitative estimate of drug-likeness (QED) is 0.618. The van der Waals surface area contributed by atoms with Gasteiger partial charge in [-0.25, -0.2) is 14.6 Å². The molecule has 2 N–H and O–H groups in total. The molecule has 0 saturated carbocycles. The molecule has 0 fully saturated rings. The summed E-state index contributed by atoms with van der Waals surface area (Å²) in [5.41, 5.74) is 2.52. The van der Waals surface area contributed by atoms with Crippen LogP contribution in [0.2, 0.25) is 0 Å². The molecule has 0 aliphatic rings. The molecule has 0 aliphatic heterocycles. The van der Waals surface area contributed by atoms with E-state index in [1.807, 2.05) is 0 Å². The van der Waals surface area contributed by atoms with Crippen LogP contribution in [-0.2, 0) is 0 Å². The fourth-order valence-corrected chi connectivity index (χ4v) is 2.10. The molecule has 1 amide bonds. The number of hydrazone groups is 1. The van der Waals surface area contributed by atoms with Gasteiger partial charge in [-0.1, -0.05) is 0 Å². The number of nitrogens with zero attached hydrogens (tertiary/aromatic N) is 1. The predicted octanol–water partition coefficient (Wildman–Crippen LogP) is 2.31. The number of carboxylic acid groups (broad SMARTS) is 1. The zero-order valence-corrected chi connectivity index (χ0v) is 13.4. The van der Waals surface area contributed by atoms with Gasteiger partial charge in [-0.3, -0.25) is 4.79 Å². The number of carboxylic acids is 1. The van der Waals surface area contributed by atoms with E-state index in [1.54, 1.807) is 0 Å². The Morgan fingerprint density at radius 1 is 1.12 bits per heavy atom. The number of aromatic carboxylic acids is 1. The fourth-order valence-electron chi connectivity index (χ4n) is 2.10. The fraction of sp³-hybridized carbons (Fsp3) is 0.118. The number of benzene rings is 2. The number of methoxy groups -OCH3 is 2. The maximum absolute atomic E-state index is 12.8. The number of carbonyl (C=O) groups is 2. The average molecular weight is 346 g/mol. The summed E-state index contributed by atoms with van der Waals surface area (Å²) in [5.74, 6) is -1.96. The van der Waals surface area contributed by atoms with Crippen molar-refractivity contribution in [2.75, 3.05) is 14.2 Å². The van der Waals surface area contributed by atoms with E-state index in [0.29, 0.717) is 0 Å². The number of hydrogen-bond acceptors (Lipinski definition) is 5. The van der Waals surface area contributed by atoms with Gasteiger partial charge in [0.15, 0.2) is 11.5 Å². The second kappa shape index (κ2) is 7.91. The normalized spacial score (nSPS) is 10.5. The molecule has 8 heteroatoms. The molecule has 25 heavy (non-hydrogen) atoms. The van der Waals surface area contributed by atoms with E-state index in [-0.39, 0.29) is 28.2 Å². The van der Waals surface area contributed by atoms with E-state index < -0.39 is 17.7 Å². The molecule has 0 aromatic heterocycles. The van der Waals surface area contributed by atoms with Gasteiger partial charge in [-0.15, -0.1) is 0 Å². The molecule has 0 radical (unpaired) electrons. The summed E-state index contributed by atoms with van der Waals surface area (Å²) in [6.07, 6.45) is 1.17. The zero-order valence-electron chi connectivity index (χ0n) is 13.4. The summed E-state index contributed by atoms with van der Waals surface area (Å²) < 4.78 is 23.0. The van der Waals surface area contributed by atoms with Gasteiger partial charge in [0.25, 0.3) is 5.91 Å². The van der Waals surface area contributed by atoms with Gasteiger partial charge in [0.1, 0.15) is 11.4 Å². The van der Waals surface area contributed by atoms with Gasteiger partial charge in [-0.05, 0) is 36.4 Å². The molecule has 7 nitrogen and oxygen atoms in total. The van der Waals surface area contributed by atoms with E-state index in [4.69, 9.17) is 9.47 Å². The van der Waals surface area contributed by atoms with Crippen molar-refractivity contribution in [2.24, 2.45) is 5.10 Å². The topological polar surface area (TPSA) is 97.2 Å². The minimum atomic E-state index is -1.23. The molecule has 0 spiro atoms. The molecule has 0 atom stereocenters. The van der Waals surface area contributed by atoms with Crippen LogP contribution in [0.15, 0.2) is 41.5 Å². The first-order valence-corrected chi connectivity index (χ1v) is 7.05. The Bertz CT molecular complexity index is 819. The minimum Gasteiger partial charge on any atom is -0.493 e. The van der Waals surface area contributed by atoms with Crippen LogP contribution in [0.25, 0.3) is 0 Å². The first-order valence-electron chi connectivity index (χ1n) is 7.05. The smallest absolute Gasteiger partial charge is 0.340 e. The zero-order chi connectivity index (χ0) is 18.4. The summed E-state index contributed by atoms with van der Waals surface area (Å²) in [5, 5.41) is 13.1. The van der Waals surface area contributed by atoms with Crippen molar-refractivity contribution in [3.8, 4) is 11.5 Å². The lowest BCUT2D eigenvalue weighted by Gasteiger charge is -2.12. The highest BCUT2D eigenvalue weighted by molar-refractivity contribution is 6.02. The lowest BCUT2D eigenvalue weighted by molar-refractivity contribution is 0.0692. The van der Waals surface area contributed by atoms with Gasteiger partial charge in [0.05, 0.1) is 20.4 Å². The average Bonchev–Trinajstić information content (AvgIpc) is 2.61. The number of halogens is 1. The number of amides is 1. The van der Waals surface area contributed by atoms with Crippen molar-refractivity contribution < 1.29 is 28.6 Å². The van der Waals surface area contributed by atoms with Crippen molar-refractivity contribution in [3.05, 3.63) is 58.9 Å². The summed E-state index contributed by atoms with van der Waals surface area (Å²) in [4.78, 5) is 23.4. The molecular formula is C17H15FN2O5. The molecule has 0 heterocycles. The molecule has 2 rings (SSSR count). The molecule has 130 valence electrons. The van der Waals surface area contributed by atoms with Gasteiger partial charge in [-0.2, -0.15) is 5.10 Å². The first kappa shape index (κ1) is 17.9. The second-order valence-electron chi connectivity index (χ2n) is 4.78. The van der Waals surface area contributed by atoms with Crippen LogP contribution in [0.1, 0.15) is 26.3 Å². The lowest BCUT2D eigenvalue weighted by Crippen LogP contribution is -2.18. The Morgan fingerprint density at radius 3 is 2.36 bits per heavy atom. The van der Waals surface area contributed by atoms with Crippen LogP contribution in [0.3, 0.4) is 0 Å². The van der Waals surface area contributed by atoms with Gasteiger partial charge in [0, 0.05) is 11.1 Å². The third-order valence-corrected chi connectivity index (χ3v) is 3.27. The maximum Gasteiger partial charge on any atom is 0.340 e. The number of ether oxygens (including phenoxy) is 2. The Kier molecular flexibility index (Phi) is 5.67. The number of nitrogens with one attached hydrogen (secondary N) is 1. The van der Waals surface area contributed by atoms with E-state index in [9.17, 15) is 19.1 Å². The summed E-state index contributed by atoms with van der Waals surface area (Å²) >= 11 is 0. The van der Waals surface area contributed by atoms with E-state index in [1.165, 1.54) is 44.7 Å². The Hall–Kier alpha value is -3.42. The molecule has 0 unspecified atom stereocenters. The molecule has 2 aromatic carbocycles. The lowest BCUT2D eigenvalue weighted by atomic mass is 10.1. The SMILES string of the molecule is COc1ccc(C=NNC(=O)c2ccc(F)cc2)c(C(=O)O)c1OC. The maximum atomic E-state index is 12.8. The van der Waals surface area contributed by atoms with Gasteiger partial charge >= 0.3 is 5.97 Å². The monoisotopic (exact) mass is 346 g/mol. The molecule has 2 aromatic rings. The van der Waals surface area contributed by atoms with E-state index in [2.05, 4.69) is 10.5 Å². The van der Waals surface area contributed by atoms with Gasteiger partial charge < -0.3 is 14.6 Å². The number of rotatable bonds is 6. The van der Waals surface area contributed by atoms with Crippen molar-refractivity contribution in [2.45, 2.75) is 0 Å². The number of carbonyl (C=O) groups excluding carboxylic acids is 1. The van der Waals surface area contributed by atoms with E-state index >= 15 is 0 Å². The number of hydrogen-bond donors (Lipinski definition) is 2. The van der Waals surface area contributed by atoms with Crippen molar-refractivity contribution in [3.63, 3.8) is 0 Å². The van der Waals surface area contributed by atoms with Crippen LogP contribution in [0, 0.1) is 5.82 Å². The Labute approximate surface area is 142 Å². The predicted molar refractivity (Wildman–Crippen MR) is 88.0 cm³/mol.